The van der Waals surface area contributed by atoms with Crippen LogP contribution < -0.4 is 5.32 Å². The summed E-state index contributed by atoms with van der Waals surface area (Å²) in [5, 5.41) is 6.87. The maximum Gasteiger partial charge on any atom is 0.257 e. The Hall–Kier alpha value is -1.32. The van der Waals surface area contributed by atoms with Crippen molar-refractivity contribution < 1.29 is 9.32 Å². The van der Waals surface area contributed by atoms with Crippen LogP contribution in [0.4, 0.5) is 0 Å². The lowest BCUT2D eigenvalue weighted by atomic mass is 9.97. The summed E-state index contributed by atoms with van der Waals surface area (Å²) in [6.45, 7) is 5.97. The van der Waals surface area contributed by atoms with Crippen LogP contribution in [0.3, 0.4) is 0 Å². The van der Waals surface area contributed by atoms with Gasteiger partial charge in [-0.3, -0.25) is 4.79 Å². The van der Waals surface area contributed by atoms with Gasteiger partial charge in [0.25, 0.3) is 5.91 Å². The van der Waals surface area contributed by atoms with E-state index in [-0.39, 0.29) is 11.9 Å². The zero-order valence-electron chi connectivity index (χ0n) is 8.63. The molecule has 0 radical (unpaired) electrons. The van der Waals surface area contributed by atoms with Gasteiger partial charge in [0, 0.05) is 0 Å². The molecule has 1 aliphatic rings. The number of rotatable bonds is 2. The fourth-order valence-corrected chi connectivity index (χ4v) is 1.81. The Bertz CT molecular complexity index is 370. The summed E-state index contributed by atoms with van der Waals surface area (Å²) in [4.78, 5) is 11.6. The van der Waals surface area contributed by atoms with E-state index in [0.717, 1.165) is 12.1 Å². The highest BCUT2D eigenvalue weighted by atomic mass is 16.5. The predicted molar refractivity (Wildman–Crippen MR) is 50.9 cm³/mol. The van der Waals surface area contributed by atoms with Crippen molar-refractivity contribution in [2.75, 3.05) is 0 Å². The second-order valence-corrected chi connectivity index (χ2v) is 3.84. The average molecular weight is 194 g/mol. The van der Waals surface area contributed by atoms with Gasteiger partial charge in [-0.15, -0.1) is 0 Å². The fraction of sp³-hybridized carbons (Fsp3) is 0.600. The molecule has 1 unspecified atom stereocenters. The fourth-order valence-electron chi connectivity index (χ4n) is 1.81. The first-order valence-electron chi connectivity index (χ1n) is 4.92. The third kappa shape index (κ3) is 1.14. The third-order valence-corrected chi connectivity index (χ3v) is 2.91. The minimum atomic E-state index is -0.0518. The van der Waals surface area contributed by atoms with E-state index < -0.39 is 0 Å². The monoisotopic (exact) mass is 194 g/mol. The molecule has 0 spiro atoms. The molecule has 0 fully saturated rings. The highest BCUT2D eigenvalue weighted by Gasteiger charge is 2.36. The van der Waals surface area contributed by atoms with Crippen molar-refractivity contribution in [1.82, 2.24) is 10.5 Å². The zero-order chi connectivity index (χ0) is 10.3. The smallest absolute Gasteiger partial charge is 0.257 e. The normalized spacial score (nSPS) is 21.9. The molecule has 1 amide bonds. The highest BCUT2D eigenvalue weighted by molar-refractivity contribution is 5.99. The van der Waals surface area contributed by atoms with Crippen molar-refractivity contribution in [1.29, 1.82) is 0 Å². The first-order valence-corrected chi connectivity index (χ1v) is 4.92. The molecule has 0 bridgehead atoms. The van der Waals surface area contributed by atoms with Crippen LogP contribution in [0.1, 0.15) is 48.1 Å². The van der Waals surface area contributed by atoms with Crippen molar-refractivity contribution >= 4 is 5.91 Å². The van der Waals surface area contributed by atoms with Crippen molar-refractivity contribution in [3.8, 4) is 0 Å². The molecule has 4 heteroatoms. The van der Waals surface area contributed by atoms with E-state index in [4.69, 9.17) is 4.52 Å². The molecule has 1 aliphatic heterocycles. The molecule has 1 N–H and O–H groups in total. The number of hydrogen-bond donors (Lipinski definition) is 1. The van der Waals surface area contributed by atoms with Crippen molar-refractivity contribution in [2.45, 2.75) is 33.2 Å². The van der Waals surface area contributed by atoms with Gasteiger partial charge < -0.3 is 9.84 Å². The van der Waals surface area contributed by atoms with Crippen molar-refractivity contribution in [3.63, 3.8) is 0 Å². The second kappa shape index (κ2) is 3.12. The standard InChI is InChI=1S/C10H14N2O2/c1-4-5(2)8-9-7(10(13)11-8)6(3)14-12-9/h5,8H,4H2,1-3H3,(H,11,13)/t5?,8-/m0/s1. The Morgan fingerprint density at radius 1 is 1.64 bits per heavy atom. The van der Waals surface area contributed by atoms with Gasteiger partial charge in [0.1, 0.15) is 17.0 Å². The first kappa shape index (κ1) is 9.24. The number of fused-ring (bicyclic) bond motifs is 1. The second-order valence-electron chi connectivity index (χ2n) is 3.84. The van der Waals surface area contributed by atoms with Gasteiger partial charge in [0.05, 0.1) is 6.04 Å². The Balaban J connectivity index is 2.39. The summed E-state index contributed by atoms with van der Waals surface area (Å²) in [5.41, 5.74) is 1.41. The number of carbonyl (C=O) groups excluding carboxylic acids is 1. The molecule has 0 saturated carbocycles. The van der Waals surface area contributed by atoms with Crippen molar-refractivity contribution in [3.05, 3.63) is 17.0 Å². The molecule has 1 aromatic rings. The molecule has 2 atom stereocenters. The van der Waals surface area contributed by atoms with Gasteiger partial charge >= 0.3 is 0 Å². The Morgan fingerprint density at radius 2 is 2.36 bits per heavy atom. The molecule has 14 heavy (non-hydrogen) atoms. The largest absolute Gasteiger partial charge is 0.360 e. The van der Waals surface area contributed by atoms with Crippen LogP contribution in [0.15, 0.2) is 4.52 Å². The summed E-state index contributed by atoms with van der Waals surface area (Å²) in [5.74, 6) is 0.956. The van der Waals surface area contributed by atoms with E-state index in [1.54, 1.807) is 6.92 Å². The van der Waals surface area contributed by atoms with Crippen LogP contribution in [-0.4, -0.2) is 11.1 Å². The van der Waals surface area contributed by atoms with Gasteiger partial charge in [0.2, 0.25) is 0 Å². The summed E-state index contributed by atoms with van der Waals surface area (Å²) >= 11 is 0. The van der Waals surface area contributed by atoms with E-state index in [2.05, 4.69) is 24.3 Å². The van der Waals surface area contributed by atoms with Gasteiger partial charge in [-0.25, -0.2) is 0 Å². The van der Waals surface area contributed by atoms with E-state index >= 15 is 0 Å². The van der Waals surface area contributed by atoms with Gasteiger partial charge in [0.15, 0.2) is 0 Å². The van der Waals surface area contributed by atoms with Crippen LogP contribution in [0, 0.1) is 12.8 Å². The number of nitrogens with one attached hydrogen (secondary N) is 1. The summed E-state index contributed by atoms with van der Waals surface area (Å²) in [6.07, 6.45) is 1.01. The van der Waals surface area contributed by atoms with E-state index in [1.807, 2.05) is 0 Å². The Labute approximate surface area is 82.7 Å². The third-order valence-electron chi connectivity index (χ3n) is 2.91. The highest BCUT2D eigenvalue weighted by Crippen LogP contribution is 2.32. The summed E-state index contributed by atoms with van der Waals surface area (Å²) in [7, 11) is 0. The van der Waals surface area contributed by atoms with Crippen LogP contribution >= 0.6 is 0 Å². The molecule has 76 valence electrons. The number of aryl methyl sites for hydroxylation is 1. The van der Waals surface area contributed by atoms with Crippen LogP contribution in [0.2, 0.25) is 0 Å². The van der Waals surface area contributed by atoms with E-state index in [0.29, 0.717) is 17.2 Å². The first-order chi connectivity index (χ1) is 6.65. The molecule has 0 saturated heterocycles. The lowest BCUT2D eigenvalue weighted by molar-refractivity contribution is 0.0942. The average Bonchev–Trinajstić information content (AvgIpc) is 2.68. The molecular formula is C10H14N2O2. The van der Waals surface area contributed by atoms with E-state index in [9.17, 15) is 4.79 Å². The Morgan fingerprint density at radius 3 is 3.00 bits per heavy atom. The molecule has 2 heterocycles. The predicted octanol–water partition coefficient (Wildman–Crippen LogP) is 1.81. The molecule has 4 nitrogen and oxygen atoms in total. The topological polar surface area (TPSA) is 55.1 Å². The van der Waals surface area contributed by atoms with Gasteiger partial charge in [-0.2, -0.15) is 0 Å². The minimum absolute atomic E-state index is 0.0277. The number of carbonyl (C=O) groups is 1. The maximum absolute atomic E-state index is 11.6. The molecule has 1 aromatic heterocycles. The zero-order valence-corrected chi connectivity index (χ0v) is 8.63. The Kier molecular flexibility index (Phi) is 2.06. The number of aromatic nitrogens is 1. The van der Waals surface area contributed by atoms with Gasteiger partial charge in [-0.1, -0.05) is 25.4 Å². The lowest BCUT2D eigenvalue weighted by Gasteiger charge is -2.16. The molecule has 0 aromatic carbocycles. The molecule has 0 aliphatic carbocycles. The number of hydrogen-bond acceptors (Lipinski definition) is 3. The number of amides is 1. The summed E-state index contributed by atoms with van der Waals surface area (Å²) in [6, 6.07) is 0.0277. The van der Waals surface area contributed by atoms with E-state index in [1.165, 1.54) is 0 Å². The summed E-state index contributed by atoms with van der Waals surface area (Å²) < 4.78 is 5.02. The maximum atomic E-state index is 11.6. The molecule has 2 rings (SSSR count). The van der Waals surface area contributed by atoms with Crippen LogP contribution in [0.25, 0.3) is 0 Å². The minimum Gasteiger partial charge on any atom is -0.360 e. The number of nitrogens with zero attached hydrogens (tertiary/aromatic N) is 1. The lowest BCUT2D eigenvalue weighted by Crippen LogP contribution is -2.24. The van der Waals surface area contributed by atoms with Crippen LogP contribution in [0.5, 0.6) is 0 Å². The quantitative estimate of drug-likeness (QED) is 0.781. The van der Waals surface area contributed by atoms with Crippen molar-refractivity contribution in [2.24, 2.45) is 5.92 Å². The van der Waals surface area contributed by atoms with Gasteiger partial charge in [-0.05, 0) is 12.8 Å². The van der Waals surface area contributed by atoms with Crippen LogP contribution in [-0.2, 0) is 0 Å². The SMILES string of the molecule is CCC(C)[C@@H]1NC(=O)c2c1noc2C. The molecular weight excluding hydrogens is 180 g/mol.